The zero-order valence-electron chi connectivity index (χ0n) is 20.2. The van der Waals surface area contributed by atoms with Crippen LogP contribution in [-0.2, 0) is 0 Å². The van der Waals surface area contributed by atoms with Gasteiger partial charge in [0.2, 0.25) is 0 Å². The van der Waals surface area contributed by atoms with Gasteiger partial charge in [0.05, 0.1) is 5.70 Å². The number of likely N-dealkylation sites (tertiary alicyclic amines) is 1. The molecule has 182 valence electrons. The van der Waals surface area contributed by atoms with Crippen molar-refractivity contribution in [1.82, 2.24) is 19.9 Å². The van der Waals surface area contributed by atoms with Crippen LogP contribution in [0.4, 0.5) is 11.6 Å². The topological polar surface area (TPSA) is 117 Å². The Hall–Kier alpha value is -3.69. The van der Waals surface area contributed by atoms with Gasteiger partial charge in [-0.15, -0.1) is 0 Å². The Balaban J connectivity index is 1.28. The third-order valence-electron chi connectivity index (χ3n) is 7.07. The lowest BCUT2D eigenvalue weighted by Crippen LogP contribution is -2.60. The van der Waals surface area contributed by atoms with Gasteiger partial charge in [-0.05, 0) is 68.2 Å². The van der Waals surface area contributed by atoms with Crippen LogP contribution >= 0.6 is 0 Å². The number of fused-ring (bicyclic) bond motifs is 1. The van der Waals surface area contributed by atoms with Crippen molar-refractivity contribution >= 4 is 34.0 Å². The van der Waals surface area contributed by atoms with E-state index in [1.807, 2.05) is 30.3 Å². The van der Waals surface area contributed by atoms with Crippen LogP contribution in [0.15, 0.2) is 55.0 Å². The maximum Gasteiger partial charge on any atom is 0.257 e. The molecule has 2 aliphatic rings. The monoisotopic (exact) mass is 472 g/mol. The number of piperidine rings is 1. The highest BCUT2D eigenvalue weighted by Crippen LogP contribution is 2.41. The Morgan fingerprint density at radius 1 is 1.09 bits per heavy atom. The number of benzene rings is 1. The second kappa shape index (κ2) is 9.16. The zero-order chi connectivity index (χ0) is 24.6. The van der Waals surface area contributed by atoms with Gasteiger partial charge in [0.15, 0.2) is 0 Å². The molecule has 9 heteroatoms. The molecule has 0 bridgehead atoms. The first-order valence-electron chi connectivity index (χ1n) is 11.9. The van der Waals surface area contributed by atoms with Crippen LogP contribution in [0.25, 0.3) is 16.5 Å². The van der Waals surface area contributed by atoms with Gasteiger partial charge in [0.25, 0.3) is 5.91 Å². The average molecular weight is 473 g/mol. The van der Waals surface area contributed by atoms with E-state index in [2.05, 4.69) is 32.1 Å². The summed E-state index contributed by atoms with van der Waals surface area (Å²) in [5.41, 5.74) is 8.49. The number of hydrogen-bond donors (Lipinski definition) is 3. The van der Waals surface area contributed by atoms with Crippen LogP contribution in [0.5, 0.6) is 0 Å². The Morgan fingerprint density at radius 2 is 1.86 bits per heavy atom. The summed E-state index contributed by atoms with van der Waals surface area (Å²) >= 11 is 0. The average Bonchev–Trinajstić information content (AvgIpc) is 2.82. The van der Waals surface area contributed by atoms with Gasteiger partial charge < -0.3 is 25.9 Å². The third kappa shape index (κ3) is 4.91. The van der Waals surface area contributed by atoms with E-state index in [0.29, 0.717) is 22.5 Å². The van der Waals surface area contributed by atoms with E-state index < -0.39 is 0 Å². The molecule has 0 radical (unpaired) electrons. The quantitative estimate of drug-likeness (QED) is 0.383. The molecule has 1 amide bonds. The smallest absolute Gasteiger partial charge is 0.257 e. The molecule has 0 unspecified atom stereocenters. The Morgan fingerprint density at radius 3 is 2.60 bits per heavy atom. The molecule has 2 aromatic heterocycles. The Kier molecular flexibility index (Phi) is 6.04. The second-order valence-corrected chi connectivity index (χ2v) is 9.90. The molecule has 3 aromatic rings. The maximum atomic E-state index is 13.0. The number of hydrazine groups is 1. The number of anilines is 2. The van der Waals surface area contributed by atoms with E-state index in [1.54, 1.807) is 31.7 Å². The molecular weight excluding hydrogens is 440 g/mol. The van der Waals surface area contributed by atoms with Crippen molar-refractivity contribution in [3.63, 3.8) is 0 Å². The Bertz CT molecular complexity index is 1270. The lowest BCUT2D eigenvalue weighted by molar-refractivity contribution is 0.0900. The number of rotatable bonds is 5. The van der Waals surface area contributed by atoms with Crippen molar-refractivity contribution in [3.05, 3.63) is 66.1 Å². The molecule has 2 fully saturated rings. The zero-order valence-corrected chi connectivity index (χ0v) is 20.2. The fraction of sp³-hybridized carbons (Fsp3) is 0.346. The number of nitrogens with one attached hydrogen (secondary N) is 1. The number of hydrogen-bond acceptors (Lipinski definition) is 8. The number of aromatic nitrogens is 2. The molecule has 2 saturated heterocycles. The summed E-state index contributed by atoms with van der Waals surface area (Å²) < 4.78 is 0. The lowest BCUT2D eigenvalue weighted by atomic mass is 9.72. The summed E-state index contributed by atoms with van der Waals surface area (Å²) in [4.78, 5) is 26.6. The van der Waals surface area contributed by atoms with Gasteiger partial charge in [-0.25, -0.2) is 15.8 Å². The standard InChI is InChI=1S/C26H32N8O/c1-32-9-6-26(7-10-32)16-34(17-26)24-13-19(5-8-29-24)25(35)31-23-12-21-11-18(22(27)15-33(2)28)3-4-20(21)14-30-23/h3-5,8,11-15H,6-7,9-10,16-17,27-28H2,1-2H3,(H,30,31,35)/b22-15-. The number of amides is 1. The van der Waals surface area contributed by atoms with Gasteiger partial charge in [-0.1, -0.05) is 12.1 Å². The summed E-state index contributed by atoms with van der Waals surface area (Å²) in [5, 5.41) is 6.20. The van der Waals surface area contributed by atoms with E-state index in [0.717, 1.165) is 48.3 Å². The van der Waals surface area contributed by atoms with E-state index >= 15 is 0 Å². The van der Waals surface area contributed by atoms with Crippen LogP contribution in [0.1, 0.15) is 28.8 Å². The number of nitrogens with two attached hydrogens (primary N) is 2. The van der Waals surface area contributed by atoms with Crippen LogP contribution in [0.3, 0.4) is 0 Å². The predicted octanol–water partition coefficient (Wildman–Crippen LogP) is 2.48. The van der Waals surface area contributed by atoms with Crippen molar-refractivity contribution in [2.75, 3.05) is 50.5 Å². The molecular formula is C26H32N8O. The number of pyridine rings is 2. The molecule has 4 heterocycles. The molecule has 1 spiro atoms. The first-order chi connectivity index (χ1) is 16.8. The highest BCUT2D eigenvalue weighted by Gasteiger charge is 2.44. The first kappa shape index (κ1) is 23.1. The van der Waals surface area contributed by atoms with Crippen molar-refractivity contribution in [3.8, 4) is 0 Å². The van der Waals surface area contributed by atoms with Gasteiger partial charge in [-0.2, -0.15) is 0 Å². The molecule has 9 nitrogen and oxygen atoms in total. The van der Waals surface area contributed by atoms with Gasteiger partial charge in [0.1, 0.15) is 11.6 Å². The van der Waals surface area contributed by atoms with Crippen LogP contribution in [0, 0.1) is 5.41 Å². The summed E-state index contributed by atoms with van der Waals surface area (Å²) in [7, 11) is 3.90. The first-order valence-corrected chi connectivity index (χ1v) is 11.9. The highest BCUT2D eigenvalue weighted by molar-refractivity contribution is 6.05. The number of carbonyl (C=O) groups is 1. The van der Waals surface area contributed by atoms with Crippen LogP contribution < -0.4 is 21.8 Å². The molecule has 0 saturated carbocycles. The molecule has 5 rings (SSSR count). The predicted molar refractivity (Wildman–Crippen MR) is 139 cm³/mol. The van der Waals surface area contributed by atoms with E-state index in [-0.39, 0.29) is 5.91 Å². The minimum absolute atomic E-state index is 0.213. The summed E-state index contributed by atoms with van der Waals surface area (Å²) in [6.45, 7) is 4.31. The summed E-state index contributed by atoms with van der Waals surface area (Å²) in [5.74, 6) is 6.79. The molecule has 35 heavy (non-hydrogen) atoms. The largest absolute Gasteiger partial charge is 0.397 e. The second-order valence-electron chi connectivity index (χ2n) is 9.90. The van der Waals surface area contributed by atoms with Crippen molar-refractivity contribution < 1.29 is 4.79 Å². The molecule has 1 aromatic carbocycles. The SMILES string of the molecule is CN(N)/C=C(\N)c1ccc2cnc(NC(=O)c3ccnc(N4CC5(CCN(C)CC5)C4)c3)cc2c1. The van der Waals surface area contributed by atoms with E-state index in [4.69, 9.17) is 11.6 Å². The number of carbonyl (C=O) groups excluding carboxylic acids is 1. The highest BCUT2D eigenvalue weighted by atomic mass is 16.1. The van der Waals surface area contributed by atoms with Crippen LogP contribution in [-0.4, -0.2) is 66.1 Å². The van der Waals surface area contributed by atoms with Crippen LogP contribution in [0.2, 0.25) is 0 Å². The molecule has 2 aliphatic heterocycles. The van der Waals surface area contributed by atoms with Crippen molar-refractivity contribution in [1.29, 1.82) is 0 Å². The normalized spacial score (nSPS) is 17.9. The molecule has 0 aliphatic carbocycles. The van der Waals surface area contributed by atoms with E-state index in [1.165, 1.54) is 17.9 Å². The minimum atomic E-state index is -0.213. The summed E-state index contributed by atoms with van der Waals surface area (Å²) in [6, 6.07) is 11.3. The van der Waals surface area contributed by atoms with Gasteiger partial charge >= 0.3 is 0 Å². The fourth-order valence-electron chi connectivity index (χ4n) is 4.94. The minimum Gasteiger partial charge on any atom is -0.397 e. The lowest BCUT2D eigenvalue weighted by Gasteiger charge is -2.54. The fourth-order valence-corrected chi connectivity index (χ4v) is 4.94. The van der Waals surface area contributed by atoms with Crippen molar-refractivity contribution in [2.24, 2.45) is 17.0 Å². The molecule has 5 N–H and O–H groups in total. The Labute approximate surface area is 205 Å². The molecule has 0 atom stereocenters. The van der Waals surface area contributed by atoms with E-state index in [9.17, 15) is 4.79 Å². The number of nitrogens with zero attached hydrogens (tertiary/aromatic N) is 5. The van der Waals surface area contributed by atoms with Gasteiger partial charge in [-0.3, -0.25) is 4.79 Å². The summed E-state index contributed by atoms with van der Waals surface area (Å²) in [6.07, 6.45) is 7.54. The third-order valence-corrected chi connectivity index (χ3v) is 7.07. The van der Waals surface area contributed by atoms with Gasteiger partial charge in [0, 0.05) is 55.1 Å². The van der Waals surface area contributed by atoms with Crippen molar-refractivity contribution in [2.45, 2.75) is 12.8 Å². The maximum absolute atomic E-state index is 13.0.